The number of rotatable bonds is 3. The van der Waals surface area contributed by atoms with Crippen LogP contribution in [0.3, 0.4) is 0 Å². The Hall–Kier alpha value is -1.84. The Labute approximate surface area is 136 Å². The van der Waals surface area contributed by atoms with Gasteiger partial charge in [0.2, 0.25) is 5.91 Å². The van der Waals surface area contributed by atoms with E-state index >= 15 is 0 Å². The minimum Gasteiger partial charge on any atom is -0.465 e. The van der Waals surface area contributed by atoms with Gasteiger partial charge >= 0.3 is 5.97 Å². The SMILES string of the molecule is COC(=O)c1ccc(NC(=O)C23CC4CC(CC(C4)C2)C3)cc1. The lowest BCUT2D eigenvalue weighted by atomic mass is 9.49. The molecule has 4 saturated carbocycles. The van der Waals surface area contributed by atoms with E-state index in [-0.39, 0.29) is 17.3 Å². The summed E-state index contributed by atoms with van der Waals surface area (Å²) in [5.74, 6) is 2.10. The van der Waals surface area contributed by atoms with Gasteiger partial charge in [-0.05, 0) is 80.5 Å². The molecule has 4 bridgehead atoms. The second-order valence-electron chi connectivity index (χ2n) is 7.72. The van der Waals surface area contributed by atoms with Crippen LogP contribution in [0.5, 0.6) is 0 Å². The van der Waals surface area contributed by atoms with Crippen LogP contribution in [0, 0.1) is 23.2 Å². The lowest BCUT2D eigenvalue weighted by molar-refractivity contribution is -0.140. The number of benzene rings is 1. The minimum absolute atomic E-state index is 0.143. The molecule has 0 unspecified atom stereocenters. The van der Waals surface area contributed by atoms with E-state index in [2.05, 4.69) is 5.32 Å². The van der Waals surface area contributed by atoms with E-state index in [0.717, 1.165) is 42.7 Å². The van der Waals surface area contributed by atoms with Crippen molar-refractivity contribution in [2.45, 2.75) is 38.5 Å². The summed E-state index contributed by atoms with van der Waals surface area (Å²) in [5.41, 5.74) is 1.12. The van der Waals surface area contributed by atoms with E-state index in [1.807, 2.05) is 0 Å². The highest BCUT2D eigenvalue weighted by atomic mass is 16.5. The van der Waals surface area contributed by atoms with Crippen molar-refractivity contribution >= 4 is 17.6 Å². The largest absolute Gasteiger partial charge is 0.465 e. The summed E-state index contributed by atoms with van der Waals surface area (Å²) in [4.78, 5) is 24.4. The first-order chi connectivity index (χ1) is 11.1. The maximum Gasteiger partial charge on any atom is 0.337 e. The zero-order valence-electron chi connectivity index (χ0n) is 13.5. The zero-order chi connectivity index (χ0) is 16.0. The molecule has 1 amide bonds. The molecule has 4 aliphatic rings. The van der Waals surface area contributed by atoms with Crippen molar-refractivity contribution in [3.8, 4) is 0 Å². The van der Waals surface area contributed by atoms with Gasteiger partial charge in [-0.2, -0.15) is 0 Å². The Morgan fingerprint density at radius 2 is 1.52 bits per heavy atom. The lowest BCUT2D eigenvalue weighted by Crippen LogP contribution is -2.51. The van der Waals surface area contributed by atoms with Gasteiger partial charge in [0.15, 0.2) is 0 Å². The van der Waals surface area contributed by atoms with Crippen molar-refractivity contribution in [1.82, 2.24) is 0 Å². The number of hydrogen-bond acceptors (Lipinski definition) is 3. The quantitative estimate of drug-likeness (QED) is 0.867. The summed E-state index contributed by atoms with van der Waals surface area (Å²) in [7, 11) is 1.37. The molecule has 4 fully saturated rings. The third-order valence-electron chi connectivity index (χ3n) is 6.08. The van der Waals surface area contributed by atoms with E-state index in [4.69, 9.17) is 4.74 Å². The van der Waals surface area contributed by atoms with Crippen molar-refractivity contribution in [2.75, 3.05) is 12.4 Å². The van der Waals surface area contributed by atoms with Crippen LogP contribution < -0.4 is 5.32 Å². The normalized spacial score (nSPS) is 34.2. The fourth-order valence-electron chi connectivity index (χ4n) is 5.46. The number of nitrogens with one attached hydrogen (secondary N) is 1. The van der Waals surface area contributed by atoms with Gasteiger partial charge < -0.3 is 10.1 Å². The number of amides is 1. The second kappa shape index (κ2) is 5.36. The van der Waals surface area contributed by atoms with Gasteiger partial charge in [-0.3, -0.25) is 4.79 Å². The molecule has 1 N–H and O–H groups in total. The lowest BCUT2D eigenvalue weighted by Gasteiger charge is -2.55. The highest BCUT2D eigenvalue weighted by Crippen LogP contribution is 2.60. The molecule has 122 valence electrons. The molecule has 0 heterocycles. The van der Waals surface area contributed by atoms with E-state index in [0.29, 0.717) is 5.56 Å². The molecule has 23 heavy (non-hydrogen) atoms. The van der Waals surface area contributed by atoms with E-state index in [1.54, 1.807) is 24.3 Å². The van der Waals surface area contributed by atoms with Crippen LogP contribution in [0.15, 0.2) is 24.3 Å². The molecule has 0 aliphatic heterocycles. The number of esters is 1. The van der Waals surface area contributed by atoms with Crippen molar-refractivity contribution in [2.24, 2.45) is 23.2 Å². The van der Waals surface area contributed by atoms with Gasteiger partial charge in [0.25, 0.3) is 0 Å². The molecule has 1 aromatic rings. The third-order valence-corrected chi connectivity index (χ3v) is 6.08. The van der Waals surface area contributed by atoms with Gasteiger partial charge in [0, 0.05) is 5.69 Å². The standard InChI is InChI=1S/C19H23NO3/c1-23-17(21)15-2-4-16(5-3-15)20-18(22)19-9-12-6-13(10-19)8-14(7-12)11-19/h2-5,12-14H,6-11H2,1H3,(H,20,22). The van der Waals surface area contributed by atoms with E-state index < -0.39 is 0 Å². The smallest absolute Gasteiger partial charge is 0.337 e. The molecule has 0 saturated heterocycles. The highest BCUT2D eigenvalue weighted by molar-refractivity contribution is 5.96. The van der Waals surface area contributed by atoms with Crippen LogP contribution in [0.1, 0.15) is 48.9 Å². The first-order valence-electron chi connectivity index (χ1n) is 8.58. The molecule has 0 radical (unpaired) electrons. The molecular formula is C19H23NO3. The maximum atomic E-state index is 12.9. The van der Waals surface area contributed by atoms with E-state index in [9.17, 15) is 9.59 Å². The summed E-state index contributed by atoms with van der Waals surface area (Å²) in [5, 5.41) is 3.09. The maximum absolute atomic E-state index is 12.9. The van der Waals surface area contributed by atoms with Crippen LogP contribution in [0.4, 0.5) is 5.69 Å². The van der Waals surface area contributed by atoms with Gasteiger partial charge in [0.1, 0.15) is 0 Å². The number of carbonyl (C=O) groups is 2. The van der Waals surface area contributed by atoms with Crippen molar-refractivity contribution in [1.29, 1.82) is 0 Å². The fraction of sp³-hybridized carbons (Fsp3) is 0.579. The molecule has 4 aliphatic carbocycles. The third kappa shape index (κ3) is 2.54. The topological polar surface area (TPSA) is 55.4 Å². The highest BCUT2D eigenvalue weighted by Gasteiger charge is 2.54. The molecule has 4 heteroatoms. The van der Waals surface area contributed by atoms with Gasteiger partial charge in [-0.1, -0.05) is 0 Å². The van der Waals surface area contributed by atoms with Crippen molar-refractivity contribution < 1.29 is 14.3 Å². The molecule has 0 spiro atoms. The number of anilines is 1. The average molecular weight is 313 g/mol. The predicted octanol–water partition coefficient (Wildman–Crippen LogP) is 3.63. The number of methoxy groups -OCH3 is 1. The molecule has 0 aromatic heterocycles. The summed E-state index contributed by atoms with van der Waals surface area (Å²) < 4.78 is 4.70. The molecule has 1 aromatic carbocycles. The summed E-state index contributed by atoms with van der Waals surface area (Å²) in [6.07, 6.45) is 7.18. The van der Waals surface area contributed by atoms with Gasteiger partial charge in [0.05, 0.1) is 18.1 Å². The monoisotopic (exact) mass is 313 g/mol. The van der Waals surface area contributed by atoms with Gasteiger partial charge in [-0.25, -0.2) is 4.79 Å². The summed E-state index contributed by atoms with van der Waals surface area (Å²) in [6, 6.07) is 6.96. The molecule has 4 nitrogen and oxygen atoms in total. The Morgan fingerprint density at radius 3 is 2.00 bits per heavy atom. The summed E-state index contributed by atoms with van der Waals surface area (Å²) in [6.45, 7) is 0. The summed E-state index contributed by atoms with van der Waals surface area (Å²) >= 11 is 0. The van der Waals surface area contributed by atoms with Crippen LogP contribution in [0.25, 0.3) is 0 Å². The van der Waals surface area contributed by atoms with Crippen molar-refractivity contribution in [3.63, 3.8) is 0 Å². The van der Waals surface area contributed by atoms with E-state index in [1.165, 1.54) is 26.4 Å². The molecule has 0 atom stereocenters. The van der Waals surface area contributed by atoms with Crippen LogP contribution in [0.2, 0.25) is 0 Å². The Kier molecular flexibility index (Phi) is 3.43. The number of hydrogen-bond donors (Lipinski definition) is 1. The first-order valence-corrected chi connectivity index (χ1v) is 8.58. The van der Waals surface area contributed by atoms with Crippen LogP contribution in [-0.4, -0.2) is 19.0 Å². The Morgan fingerprint density at radius 1 is 1.00 bits per heavy atom. The van der Waals surface area contributed by atoms with Crippen LogP contribution in [-0.2, 0) is 9.53 Å². The second-order valence-corrected chi connectivity index (χ2v) is 7.72. The molecule has 5 rings (SSSR count). The number of carbonyl (C=O) groups excluding carboxylic acids is 2. The Balaban J connectivity index is 1.49. The first kappa shape index (κ1) is 14.7. The minimum atomic E-state index is -0.357. The van der Waals surface area contributed by atoms with Gasteiger partial charge in [-0.15, -0.1) is 0 Å². The van der Waals surface area contributed by atoms with Crippen LogP contribution >= 0.6 is 0 Å². The number of ether oxygens (including phenoxy) is 1. The molecular weight excluding hydrogens is 290 g/mol. The zero-order valence-corrected chi connectivity index (χ0v) is 13.5. The average Bonchev–Trinajstić information content (AvgIpc) is 2.53. The fourth-order valence-corrected chi connectivity index (χ4v) is 5.46. The Bertz CT molecular complexity index is 599. The van der Waals surface area contributed by atoms with Crippen molar-refractivity contribution in [3.05, 3.63) is 29.8 Å². The predicted molar refractivity (Wildman–Crippen MR) is 87.0 cm³/mol.